The van der Waals surface area contributed by atoms with E-state index < -0.39 is 17.8 Å². The number of carbonyl (C=O) groups is 4. The summed E-state index contributed by atoms with van der Waals surface area (Å²) >= 11 is 5.96. The van der Waals surface area contributed by atoms with Crippen LogP contribution in [0, 0.1) is 5.92 Å². The molecule has 168 valence electrons. The molecule has 0 saturated heterocycles. The lowest BCUT2D eigenvalue weighted by atomic mass is 9.85. The number of Topliss-reactive ketones (excluding diaryl/α,β-unsaturated/α-hetero) is 1. The van der Waals surface area contributed by atoms with Crippen LogP contribution in [0.15, 0.2) is 67.0 Å². The van der Waals surface area contributed by atoms with Crippen molar-refractivity contribution in [2.24, 2.45) is 11.7 Å². The van der Waals surface area contributed by atoms with Crippen molar-refractivity contribution >= 4 is 40.9 Å². The lowest BCUT2D eigenvalue weighted by Crippen LogP contribution is -2.43. The number of hydrogen-bond donors (Lipinski definition) is 2. The molecule has 0 radical (unpaired) electrons. The molecule has 9 heteroatoms. The molecule has 1 atom stereocenters. The summed E-state index contributed by atoms with van der Waals surface area (Å²) in [6.07, 6.45) is 3.28. The fraction of sp³-hybridized carbons (Fsp3) is 0.125. The van der Waals surface area contributed by atoms with Crippen LogP contribution in [0.1, 0.15) is 36.6 Å². The molecule has 3 aromatic rings. The number of aromatic carboxylic acids is 1. The molecular weight excluding hydrogens is 446 g/mol. The smallest absolute Gasteiger partial charge is 0.335 e. The highest BCUT2D eigenvalue weighted by atomic mass is 35.5. The van der Waals surface area contributed by atoms with Crippen LogP contribution in [0.25, 0.3) is 0 Å². The van der Waals surface area contributed by atoms with E-state index in [1.165, 1.54) is 35.5 Å². The van der Waals surface area contributed by atoms with Crippen molar-refractivity contribution in [3.8, 4) is 0 Å². The minimum absolute atomic E-state index is 0.0198. The minimum Gasteiger partial charge on any atom is -0.478 e. The Morgan fingerprint density at radius 1 is 1.06 bits per heavy atom. The van der Waals surface area contributed by atoms with Gasteiger partial charge in [-0.2, -0.15) is 0 Å². The molecule has 8 nitrogen and oxygen atoms in total. The summed E-state index contributed by atoms with van der Waals surface area (Å²) in [6.45, 7) is 0. The average Bonchev–Trinajstić information content (AvgIpc) is 2.81. The Bertz CT molecular complexity index is 1230. The minimum atomic E-state index is -1.11. The maximum atomic E-state index is 12.8. The molecule has 1 unspecified atom stereocenters. The number of carboxylic acids is 1. The third kappa shape index (κ3) is 5.42. The van der Waals surface area contributed by atoms with Gasteiger partial charge in [-0.1, -0.05) is 23.7 Å². The van der Waals surface area contributed by atoms with Crippen LogP contribution in [0.3, 0.4) is 0 Å². The Balaban J connectivity index is 0.000000286. The third-order valence-corrected chi connectivity index (χ3v) is 5.34. The normalized spacial score (nSPS) is 14.7. The Morgan fingerprint density at radius 2 is 1.76 bits per heavy atom. The number of nitrogens with two attached hydrogens (primary N) is 1. The number of aromatic nitrogens is 1. The number of halogens is 1. The first kappa shape index (κ1) is 23.6. The maximum absolute atomic E-state index is 12.8. The van der Waals surface area contributed by atoms with Gasteiger partial charge in [0.25, 0.3) is 0 Å². The second kappa shape index (κ2) is 10.1. The standard InChI is InChI=1S/C18H14ClNO4.C6H6N2O/c1-20-15-6-5-11(18(23)24)9-13(15)16(21)14(17(20)22)8-10-3-2-4-12(19)7-10;7-6(9)5-1-3-8-4-2-5/h2-7,9,14H,8H2,1H3,(H,23,24);1-4H,(H2,7,9). The molecule has 33 heavy (non-hydrogen) atoms. The predicted molar refractivity (Wildman–Crippen MR) is 123 cm³/mol. The van der Waals surface area contributed by atoms with Crippen molar-refractivity contribution in [2.45, 2.75) is 6.42 Å². The van der Waals surface area contributed by atoms with E-state index in [0.29, 0.717) is 16.3 Å². The van der Waals surface area contributed by atoms with E-state index in [1.54, 1.807) is 43.4 Å². The molecule has 2 aromatic carbocycles. The zero-order chi connectivity index (χ0) is 24.1. The number of hydrogen-bond acceptors (Lipinski definition) is 5. The van der Waals surface area contributed by atoms with Crippen LogP contribution < -0.4 is 10.6 Å². The average molecular weight is 466 g/mol. The van der Waals surface area contributed by atoms with Crippen molar-refractivity contribution in [3.05, 3.63) is 94.3 Å². The maximum Gasteiger partial charge on any atom is 0.335 e. The van der Waals surface area contributed by atoms with E-state index >= 15 is 0 Å². The molecule has 0 bridgehead atoms. The SMILES string of the molecule is CN1C(=O)C(Cc2cccc(Cl)c2)C(=O)c2cc(C(=O)O)ccc21.NC(=O)c1ccncc1. The lowest BCUT2D eigenvalue weighted by molar-refractivity contribution is -0.121. The topological polar surface area (TPSA) is 131 Å². The van der Waals surface area contributed by atoms with Gasteiger partial charge in [0.05, 0.1) is 11.3 Å². The quantitative estimate of drug-likeness (QED) is 0.569. The summed E-state index contributed by atoms with van der Waals surface area (Å²) in [7, 11) is 1.58. The van der Waals surface area contributed by atoms with E-state index in [0.717, 1.165) is 5.56 Å². The van der Waals surface area contributed by atoms with E-state index in [4.69, 9.17) is 22.4 Å². The van der Waals surface area contributed by atoms with Crippen LogP contribution in [0.2, 0.25) is 5.02 Å². The lowest BCUT2D eigenvalue weighted by Gasteiger charge is -2.30. The molecule has 3 N–H and O–H groups in total. The Morgan fingerprint density at radius 3 is 2.33 bits per heavy atom. The van der Waals surface area contributed by atoms with E-state index in [-0.39, 0.29) is 29.2 Å². The number of ketones is 1. The van der Waals surface area contributed by atoms with Crippen molar-refractivity contribution in [1.82, 2.24) is 4.98 Å². The Hall–Kier alpha value is -4.04. The zero-order valence-corrected chi connectivity index (χ0v) is 18.3. The molecule has 1 aliphatic heterocycles. The van der Waals surface area contributed by atoms with Gasteiger partial charge in [0, 0.05) is 35.6 Å². The van der Waals surface area contributed by atoms with Gasteiger partial charge in [-0.3, -0.25) is 19.4 Å². The molecule has 2 amide bonds. The molecule has 4 rings (SSSR count). The fourth-order valence-electron chi connectivity index (χ4n) is 3.41. The molecule has 0 fully saturated rings. The highest BCUT2D eigenvalue weighted by Gasteiger charge is 2.38. The molecule has 1 aliphatic rings. The summed E-state index contributed by atoms with van der Waals surface area (Å²) in [5, 5.41) is 9.65. The van der Waals surface area contributed by atoms with Crippen molar-refractivity contribution in [1.29, 1.82) is 0 Å². The molecule has 0 saturated carbocycles. The molecule has 0 spiro atoms. The van der Waals surface area contributed by atoms with Crippen LogP contribution in [-0.4, -0.2) is 40.7 Å². The number of benzene rings is 2. The van der Waals surface area contributed by atoms with Gasteiger partial charge in [-0.05, 0) is 54.4 Å². The number of carboxylic acid groups (broad SMARTS) is 1. The van der Waals surface area contributed by atoms with Gasteiger partial charge in [-0.15, -0.1) is 0 Å². The first-order chi connectivity index (χ1) is 15.7. The van der Waals surface area contributed by atoms with Crippen LogP contribution >= 0.6 is 11.6 Å². The summed E-state index contributed by atoms with van der Waals surface area (Å²) in [6, 6.07) is 14.3. The van der Waals surface area contributed by atoms with Gasteiger partial charge >= 0.3 is 5.97 Å². The van der Waals surface area contributed by atoms with Crippen molar-refractivity contribution < 1.29 is 24.3 Å². The summed E-state index contributed by atoms with van der Waals surface area (Å²) in [4.78, 5) is 52.0. The largest absolute Gasteiger partial charge is 0.478 e. The molecule has 0 aliphatic carbocycles. The van der Waals surface area contributed by atoms with Gasteiger partial charge < -0.3 is 15.7 Å². The summed E-state index contributed by atoms with van der Waals surface area (Å²) in [5.41, 5.74) is 6.92. The van der Waals surface area contributed by atoms with Crippen LogP contribution in [-0.2, 0) is 11.2 Å². The fourth-order valence-corrected chi connectivity index (χ4v) is 3.62. The number of carbonyl (C=O) groups excluding carboxylic acids is 3. The Labute approximate surface area is 194 Å². The number of anilines is 1. The number of amides is 2. The number of rotatable bonds is 4. The van der Waals surface area contributed by atoms with Crippen molar-refractivity contribution in [3.63, 3.8) is 0 Å². The van der Waals surface area contributed by atoms with Gasteiger partial charge in [0.15, 0.2) is 5.78 Å². The van der Waals surface area contributed by atoms with Crippen LogP contribution in [0.5, 0.6) is 0 Å². The van der Waals surface area contributed by atoms with Crippen LogP contribution in [0.4, 0.5) is 5.69 Å². The predicted octanol–water partition coefficient (Wildman–Crippen LogP) is 3.24. The van der Waals surface area contributed by atoms with E-state index in [2.05, 4.69) is 4.98 Å². The molecular formula is C24H20ClN3O5. The monoisotopic (exact) mass is 465 g/mol. The van der Waals surface area contributed by atoms with Gasteiger partial charge in [-0.25, -0.2) is 4.79 Å². The first-order valence-electron chi connectivity index (χ1n) is 9.82. The Kier molecular flexibility index (Phi) is 7.20. The molecule has 2 heterocycles. The second-order valence-corrected chi connectivity index (χ2v) is 7.72. The highest BCUT2D eigenvalue weighted by Crippen LogP contribution is 2.32. The first-order valence-corrected chi connectivity index (χ1v) is 10.2. The number of pyridine rings is 1. The highest BCUT2D eigenvalue weighted by molar-refractivity contribution is 6.30. The van der Waals surface area contributed by atoms with Gasteiger partial charge in [0.2, 0.25) is 11.8 Å². The third-order valence-electron chi connectivity index (χ3n) is 5.11. The molecule has 1 aromatic heterocycles. The van der Waals surface area contributed by atoms with Crippen molar-refractivity contribution in [2.75, 3.05) is 11.9 Å². The summed E-state index contributed by atoms with van der Waals surface area (Å²) in [5.74, 6) is -3.09. The number of primary amides is 1. The number of fused-ring (bicyclic) bond motifs is 1. The van der Waals surface area contributed by atoms with E-state index in [9.17, 15) is 19.2 Å². The van der Waals surface area contributed by atoms with E-state index in [1.807, 2.05) is 0 Å². The number of nitrogens with zero attached hydrogens (tertiary/aromatic N) is 2. The summed E-state index contributed by atoms with van der Waals surface area (Å²) < 4.78 is 0. The van der Waals surface area contributed by atoms with Gasteiger partial charge in [0.1, 0.15) is 5.92 Å². The zero-order valence-electron chi connectivity index (χ0n) is 17.6. The second-order valence-electron chi connectivity index (χ2n) is 7.29.